The molecule has 1 aliphatic rings. The number of halogens is 3. The molecule has 3 N–H and O–H groups in total. The number of nitrogens with zero attached hydrogens (tertiary/aromatic N) is 2. The van der Waals surface area contributed by atoms with Crippen LogP contribution in [0, 0.1) is 0 Å². The van der Waals surface area contributed by atoms with Gasteiger partial charge in [-0.1, -0.05) is 0 Å². The van der Waals surface area contributed by atoms with Crippen LogP contribution in [-0.2, 0) is 0 Å². The van der Waals surface area contributed by atoms with Gasteiger partial charge >= 0.3 is 12.1 Å². The summed E-state index contributed by atoms with van der Waals surface area (Å²) >= 11 is 0. The third-order valence-corrected chi connectivity index (χ3v) is 3.39. The maximum absolute atomic E-state index is 12.3. The van der Waals surface area contributed by atoms with Crippen molar-refractivity contribution in [1.29, 1.82) is 0 Å². The van der Waals surface area contributed by atoms with Gasteiger partial charge in [0, 0.05) is 26.2 Å². The van der Waals surface area contributed by atoms with Crippen LogP contribution in [0.15, 0.2) is 18.2 Å². The number of nitrogens with two attached hydrogens (primary N) is 1. The Morgan fingerprint density at radius 2 is 1.86 bits per heavy atom. The van der Waals surface area contributed by atoms with Crippen LogP contribution in [0.5, 0.6) is 0 Å². The van der Waals surface area contributed by atoms with Gasteiger partial charge in [-0.15, -0.1) is 0 Å². The molecule has 0 radical (unpaired) electrons. The summed E-state index contributed by atoms with van der Waals surface area (Å²) in [5.74, 6) is -1.06. The first-order chi connectivity index (χ1) is 9.76. The molecular formula is C13H16F3N3O2. The highest BCUT2D eigenvalue weighted by molar-refractivity contribution is 5.90. The molecule has 0 saturated carbocycles. The minimum Gasteiger partial charge on any atom is -0.478 e. The van der Waals surface area contributed by atoms with E-state index in [9.17, 15) is 18.0 Å². The molecule has 1 fully saturated rings. The number of benzene rings is 1. The summed E-state index contributed by atoms with van der Waals surface area (Å²) < 4.78 is 37.0. The third-order valence-electron chi connectivity index (χ3n) is 3.39. The van der Waals surface area contributed by atoms with Gasteiger partial charge < -0.3 is 15.7 Å². The second-order valence-electron chi connectivity index (χ2n) is 4.96. The molecule has 1 heterocycles. The van der Waals surface area contributed by atoms with Gasteiger partial charge in [-0.3, -0.25) is 4.90 Å². The number of rotatable bonds is 3. The molecule has 1 aromatic rings. The number of carbonyl (C=O) groups is 1. The molecule has 0 unspecified atom stereocenters. The lowest BCUT2D eigenvalue weighted by Crippen LogP contribution is -2.49. The van der Waals surface area contributed by atoms with Gasteiger partial charge in [0.15, 0.2) is 0 Å². The topological polar surface area (TPSA) is 69.8 Å². The monoisotopic (exact) mass is 303 g/mol. The van der Waals surface area contributed by atoms with E-state index in [4.69, 9.17) is 10.8 Å². The molecule has 8 heteroatoms. The van der Waals surface area contributed by atoms with Crippen molar-refractivity contribution in [2.75, 3.05) is 43.4 Å². The maximum atomic E-state index is 12.3. The van der Waals surface area contributed by atoms with Gasteiger partial charge in [-0.25, -0.2) is 4.79 Å². The minimum atomic E-state index is -4.20. The van der Waals surface area contributed by atoms with Gasteiger partial charge in [0.1, 0.15) is 0 Å². The number of aromatic carboxylic acids is 1. The van der Waals surface area contributed by atoms with E-state index in [2.05, 4.69) is 0 Å². The highest BCUT2D eigenvalue weighted by atomic mass is 19.4. The van der Waals surface area contributed by atoms with E-state index < -0.39 is 18.7 Å². The number of nitrogen functional groups attached to an aromatic ring is 1. The molecule has 1 saturated heterocycles. The average Bonchev–Trinajstić information content (AvgIpc) is 2.38. The van der Waals surface area contributed by atoms with Gasteiger partial charge in [-0.2, -0.15) is 13.2 Å². The fourth-order valence-corrected chi connectivity index (χ4v) is 2.35. The summed E-state index contributed by atoms with van der Waals surface area (Å²) in [6, 6.07) is 4.36. The van der Waals surface area contributed by atoms with Crippen LogP contribution in [-0.4, -0.2) is 54.9 Å². The molecular weight excluding hydrogens is 287 g/mol. The molecule has 21 heavy (non-hydrogen) atoms. The Bertz CT molecular complexity index is 526. The lowest BCUT2D eigenvalue weighted by atomic mass is 10.1. The second kappa shape index (κ2) is 5.80. The molecule has 0 bridgehead atoms. The van der Waals surface area contributed by atoms with E-state index in [1.54, 1.807) is 0 Å². The second-order valence-corrected chi connectivity index (χ2v) is 4.96. The van der Waals surface area contributed by atoms with Crippen molar-refractivity contribution in [3.63, 3.8) is 0 Å². The molecule has 2 rings (SSSR count). The molecule has 116 valence electrons. The van der Waals surface area contributed by atoms with E-state index in [1.807, 2.05) is 4.90 Å². The van der Waals surface area contributed by atoms with E-state index in [-0.39, 0.29) is 18.7 Å². The van der Waals surface area contributed by atoms with Gasteiger partial charge in [-0.05, 0) is 18.2 Å². The molecule has 1 aliphatic heterocycles. The molecule has 0 aromatic heterocycles. The largest absolute Gasteiger partial charge is 0.478 e. The molecule has 0 aliphatic carbocycles. The van der Waals surface area contributed by atoms with Crippen molar-refractivity contribution in [2.45, 2.75) is 6.18 Å². The predicted octanol–water partition coefficient (Wildman–Crippen LogP) is 1.65. The summed E-state index contributed by atoms with van der Waals surface area (Å²) in [6.45, 7) is 0.352. The number of carboxylic acids is 1. The Balaban J connectivity index is 2.05. The Kier molecular flexibility index (Phi) is 4.26. The smallest absolute Gasteiger partial charge is 0.401 e. The van der Waals surface area contributed by atoms with E-state index in [0.717, 1.165) is 0 Å². The fraction of sp³-hybridized carbons (Fsp3) is 0.462. The zero-order chi connectivity index (χ0) is 15.6. The minimum absolute atomic E-state index is 0.108. The van der Waals surface area contributed by atoms with E-state index >= 15 is 0 Å². The standard InChI is InChI=1S/C13H16F3N3O2/c14-13(15,16)8-18-3-5-19(6-4-18)11-7-9(12(20)21)1-2-10(11)17/h1-2,7H,3-6,8,17H2,(H,20,21). The van der Waals surface area contributed by atoms with Gasteiger partial charge in [0.05, 0.1) is 23.5 Å². The fourth-order valence-electron chi connectivity index (χ4n) is 2.35. The summed E-state index contributed by atoms with van der Waals surface area (Å²) in [5, 5.41) is 8.98. The maximum Gasteiger partial charge on any atom is 0.401 e. The number of hydrogen-bond acceptors (Lipinski definition) is 4. The van der Waals surface area contributed by atoms with Crippen LogP contribution >= 0.6 is 0 Å². The van der Waals surface area contributed by atoms with Crippen LogP contribution < -0.4 is 10.6 Å². The lowest BCUT2D eigenvalue weighted by Gasteiger charge is -2.36. The van der Waals surface area contributed by atoms with Crippen molar-refractivity contribution in [2.24, 2.45) is 0 Å². The quantitative estimate of drug-likeness (QED) is 0.831. The highest BCUT2D eigenvalue weighted by Gasteiger charge is 2.32. The molecule has 0 atom stereocenters. The number of anilines is 2. The molecule has 1 aromatic carbocycles. The SMILES string of the molecule is Nc1ccc(C(=O)O)cc1N1CCN(CC(F)(F)F)CC1. The first-order valence-electron chi connectivity index (χ1n) is 6.43. The zero-order valence-electron chi connectivity index (χ0n) is 11.2. The number of hydrogen-bond donors (Lipinski definition) is 2. The number of alkyl halides is 3. The predicted molar refractivity (Wildman–Crippen MR) is 72.5 cm³/mol. The third kappa shape index (κ3) is 4.01. The van der Waals surface area contributed by atoms with Gasteiger partial charge in [0.2, 0.25) is 0 Å². The Morgan fingerprint density at radius 1 is 1.24 bits per heavy atom. The normalized spacial score (nSPS) is 17.0. The first kappa shape index (κ1) is 15.4. The molecule has 0 spiro atoms. The average molecular weight is 303 g/mol. The Hall–Kier alpha value is -1.96. The highest BCUT2D eigenvalue weighted by Crippen LogP contribution is 2.26. The Labute approximate surface area is 119 Å². The van der Waals surface area contributed by atoms with Crippen LogP contribution in [0.2, 0.25) is 0 Å². The molecule has 0 amide bonds. The van der Waals surface area contributed by atoms with Crippen molar-refractivity contribution >= 4 is 17.3 Å². The zero-order valence-corrected chi connectivity index (χ0v) is 11.2. The van der Waals surface area contributed by atoms with Crippen LogP contribution in [0.3, 0.4) is 0 Å². The lowest BCUT2D eigenvalue weighted by molar-refractivity contribution is -0.146. The summed E-state index contributed by atoms with van der Waals surface area (Å²) in [7, 11) is 0. The summed E-state index contributed by atoms with van der Waals surface area (Å²) in [5.41, 5.74) is 6.91. The summed E-state index contributed by atoms with van der Waals surface area (Å²) in [4.78, 5) is 14.1. The summed E-state index contributed by atoms with van der Waals surface area (Å²) in [6.07, 6.45) is -4.20. The van der Waals surface area contributed by atoms with Crippen molar-refractivity contribution in [3.8, 4) is 0 Å². The first-order valence-corrected chi connectivity index (χ1v) is 6.43. The van der Waals surface area contributed by atoms with Crippen LogP contribution in [0.1, 0.15) is 10.4 Å². The van der Waals surface area contributed by atoms with Gasteiger partial charge in [0.25, 0.3) is 0 Å². The van der Waals surface area contributed by atoms with Crippen molar-refractivity contribution < 1.29 is 23.1 Å². The number of piperazine rings is 1. The molecule has 5 nitrogen and oxygen atoms in total. The van der Waals surface area contributed by atoms with Crippen molar-refractivity contribution in [3.05, 3.63) is 23.8 Å². The van der Waals surface area contributed by atoms with Crippen LogP contribution in [0.4, 0.5) is 24.5 Å². The van der Waals surface area contributed by atoms with E-state index in [0.29, 0.717) is 24.5 Å². The number of carboxylic acid groups (broad SMARTS) is 1. The van der Waals surface area contributed by atoms with Crippen molar-refractivity contribution in [1.82, 2.24) is 4.90 Å². The van der Waals surface area contributed by atoms with Crippen LogP contribution in [0.25, 0.3) is 0 Å². The van der Waals surface area contributed by atoms with E-state index in [1.165, 1.54) is 23.1 Å². The Morgan fingerprint density at radius 3 is 2.38 bits per heavy atom.